The molecule has 2 aromatic rings. The Bertz CT molecular complexity index is 563. The number of benzene rings is 2. The normalized spacial score (nSPS) is 10.2. The van der Waals surface area contributed by atoms with Gasteiger partial charge in [0.25, 0.3) is 5.91 Å². The Kier molecular flexibility index (Phi) is 4.63. The van der Waals surface area contributed by atoms with Crippen LogP contribution in [-0.4, -0.2) is 5.91 Å². The largest absolute Gasteiger partial charge is 0.348 e. The lowest BCUT2D eigenvalue weighted by molar-refractivity contribution is 0.0951. The maximum atomic E-state index is 12.0. The Morgan fingerprint density at radius 1 is 1.05 bits per heavy atom. The highest BCUT2D eigenvalue weighted by atomic mass is 32.1. The van der Waals surface area contributed by atoms with Gasteiger partial charge in [-0.2, -0.15) is 0 Å². The van der Waals surface area contributed by atoms with Crippen LogP contribution in [0.2, 0.25) is 0 Å². The fourth-order valence-corrected chi connectivity index (χ4v) is 2.11. The molecule has 0 spiro atoms. The lowest BCUT2D eigenvalue weighted by atomic mass is 10.1. The summed E-state index contributed by atoms with van der Waals surface area (Å²) in [6.45, 7) is 2.68. The van der Waals surface area contributed by atoms with E-state index in [9.17, 15) is 4.79 Å². The first-order valence-corrected chi connectivity index (χ1v) is 6.79. The number of hydrogen-bond donors (Lipinski definition) is 2. The maximum absolute atomic E-state index is 12.0. The van der Waals surface area contributed by atoms with E-state index in [2.05, 4.69) is 37.0 Å². The molecular formula is C16H17NOS. The molecule has 0 aromatic heterocycles. The highest BCUT2D eigenvalue weighted by Gasteiger charge is 2.06. The molecule has 0 bridgehead atoms. The lowest BCUT2D eigenvalue weighted by Crippen LogP contribution is -2.23. The van der Waals surface area contributed by atoms with Crippen molar-refractivity contribution in [3.8, 4) is 0 Å². The van der Waals surface area contributed by atoms with Crippen molar-refractivity contribution in [1.82, 2.24) is 5.32 Å². The summed E-state index contributed by atoms with van der Waals surface area (Å²) in [6, 6.07) is 15.4. The molecular weight excluding hydrogens is 254 g/mol. The SMILES string of the molecule is CCc1ccccc1CNC(=O)c1ccc(S)cc1. The number of nitrogens with one attached hydrogen (secondary N) is 1. The Hall–Kier alpha value is -1.74. The van der Waals surface area contributed by atoms with Gasteiger partial charge >= 0.3 is 0 Å². The minimum atomic E-state index is -0.0563. The first kappa shape index (κ1) is 13.7. The lowest BCUT2D eigenvalue weighted by Gasteiger charge is -2.09. The van der Waals surface area contributed by atoms with E-state index < -0.39 is 0 Å². The van der Waals surface area contributed by atoms with E-state index in [1.165, 1.54) is 11.1 Å². The van der Waals surface area contributed by atoms with Crippen molar-refractivity contribution in [1.29, 1.82) is 0 Å². The second-order valence-corrected chi connectivity index (χ2v) is 4.87. The maximum Gasteiger partial charge on any atom is 0.251 e. The van der Waals surface area contributed by atoms with Gasteiger partial charge in [0.15, 0.2) is 0 Å². The first-order chi connectivity index (χ1) is 9.20. The third-order valence-electron chi connectivity index (χ3n) is 3.07. The van der Waals surface area contributed by atoms with Gasteiger partial charge in [-0.25, -0.2) is 0 Å². The molecule has 1 N–H and O–H groups in total. The Morgan fingerprint density at radius 3 is 2.32 bits per heavy atom. The third kappa shape index (κ3) is 3.61. The van der Waals surface area contributed by atoms with Crippen LogP contribution in [0.1, 0.15) is 28.4 Å². The van der Waals surface area contributed by atoms with Gasteiger partial charge in [0, 0.05) is 17.0 Å². The molecule has 0 saturated heterocycles. The predicted molar refractivity (Wildman–Crippen MR) is 80.7 cm³/mol. The fraction of sp³-hybridized carbons (Fsp3) is 0.188. The predicted octanol–water partition coefficient (Wildman–Crippen LogP) is 3.47. The van der Waals surface area contributed by atoms with Gasteiger partial charge in [-0.3, -0.25) is 4.79 Å². The van der Waals surface area contributed by atoms with Crippen LogP contribution < -0.4 is 5.32 Å². The van der Waals surface area contributed by atoms with Crippen LogP contribution in [0.25, 0.3) is 0 Å². The summed E-state index contributed by atoms with van der Waals surface area (Å²) in [5, 5.41) is 2.95. The summed E-state index contributed by atoms with van der Waals surface area (Å²) in [4.78, 5) is 12.8. The molecule has 0 aliphatic carbocycles. The number of aryl methyl sites for hydroxylation is 1. The van der Waals surface area contributed by atoms with E-state index in [-0.39, 0.29) is 5.91 Å². The number of amides is 1. The van der Waals surface area contributed by atoms with Crippen LogP contribution in [0.15, 0.2) is 53.4 Å². The second-order valence-electron chi connectivity index (χ2n) is 4.35. The molecule has 0 radical (unpaired) electrons. The van der Waals surface area contributed by atoms with Crippen LogP contribution in [0.4, 0.5) is 0 Å². The minimum Gasteiger partial charge on any atom is -0.348 e. The number of carbonyl (C=O) groups excluding carboxylic acids is 1. The van der Waals surface area contributed by atoms with Crippen LogP contribution in [-0.2, 0) is 13.0 Å². The number of thiol groups is 1. The average molecular weight is 271 g/mol. The summed E-state index contributed by atoms with van der Waals surface area (Å²) in [6.07, 6.45) is 0.973. The molecule has 0 aliphatic heterocycles. The number of hydrogen-bond acceptors (Lipinski definition) is 2. The Balaban J connectivity index is 2.02. The van der Waals surface area contributed by atoms with E-state index in [1.54, 1.807) is 12.1 Å². The van der Waals surface area contributed by atoms with Gasteiger partial charge in [-0.05, 0) is 41.8 Å². The van der Waals surface area contributed by atoms with Gasteiger partial charge < -0.3 is 5.32 Å². The molecule has 0 aliphatic rings. The highest BCUT2D eigenvalue weighted by Crippen LogP contribution is 2.10. The van der Waals surface area contributed by atoms with E-state index in [1.807, 2.05) is 24.3 Å². The number of carbonyl (C=O) groups is 1. The van der Waals surface area contributed by atoms with Gasteiger partial charge in [0.1, 0.15) is 0 Å². The van der Waals surface area contributed by atoms with Gasteiger partial charge in [0.05, 0.1) is 0 Å². The summed E-state index contributed by atoms with van der Waals surface area (Å²) in [5.74, 6) is -0.0563. The second kappa shape index (κ2) is 6.43. The molecule has 19 heavy (non-hydrogen) atoms. The van der Waals surface area contributed by atoms with E-state index in [4.69, 9.17) is 0 Å². The van der Waals surface area contributed by atoms with Gasteiger partial charge in [-0.1, -0.05) is 31.2 Å². The smallest absolute Gasteiger partial charge is 0.251 e. The molecule has 0 fully saturated rings. The zero-order chi connectivity index (χ0) is 13.7. The molecule has 2 aromatic carbocycles. The van der Waals surface area contributed by atoms with Crippen molar-refractivity contribution in [2.75, 3.05) is 0 Å². The molecule has 0 unspecified atom stereocenters. The van der Waals surface area contributed by atoms with Crippen molar-refractivity contribution in [2.24, 2.45) is 0 Å². The van der Waals surface area contributed by atoms with Crippen LogP contribution >= 0.6 is 12.6 Å². The topological polar surface area (TPSA) is 29.1 Å². The molecule has 2 nitrogen and oxygen atoms in total. The Labute approximate surface area is 119 Å². The zero-order valence-corrected chi connectivity index (χ0v) is 11.8. The van der Waals surface area contributed by atoms with Crippen LogP contribution in [0.3, 0.4) is 0 Å². The molecule has 3 heteroatoms. The van der Waals surface area contributed by atoms with Gasteiger partial charge in [-0.15, -0.1) is 12.6 Å². The van der Waals surface area contributed by atoms with Crippen LogP contribution in [0.5, 0.6) is 0 Å². The summed E-state index contributed by atoms with van der Waals surface area (Å²) in [7, 11) is 0. The standard InChI is InChI=1S/C16H17NOS/c1-2-12-5-3-4-6-14(12)11-17-16(18)13-7-9-15(19)10-8-13/h3-10,19H,2,11H2,1H3,(H,17,18). The van der Waals surface area contributed by atoms with Crippen molar-refractivity contribution in [2.45, 2.75) is 24.8 Å². The molecule has 98 valence electrons. The van der Waals surface area contributed by atoms with Gasteiger partial charge in [0.2, 0.25) is 0 Å². The van der Waals surface area contributed by atoms with E-state index in [0.717, 1.165) is 11.3 Å². The summed E-state index contributed by atoms with van der Waals surface area (Å²) < 4.78 is 0. The fourth-order valence-electron chi connectivity index (χ4n) is 1.97. The third-order valence-corrected chi connectivity index (χ3v) is 3.37. The molecule has 1 amide bonds. The quantitative estimate of drug-likeness (QED) is 0.819. The average Bonchev–Trinajstić information content (AvgIpc) is 2.45. The Morgan fingerprint density at radius 2 is 1.68 bits per heavy atom. The van der Waals surface area contributed by atoms with Crippen molar-refractivity contribution in [3.05, 3.63) is 65.2 Å². The van der Waals surface area contributed by atoms with Crippen molar-refractivity contribution < 1.29 is 4.79 Å². The first-order valence-electron chi connectivity index (χ1n) is 6.34. The summed E-state index contributed by atoms with van der Waals surface area (Å²) >= 11 is 4.20. The monoisotopic (exact) mass is 271 g/mol. The zero-order valence-electron chi connectivity index (χ0n) is 10.9. The minimum absolute atomic E-state index is 0.0563. The van der Waals surface area contributed by atoms with Crippen molar-refractivity contribution in [3.63, 3.8) is 0 Å². The summed E-state index contributed by atoms with van der Waals surface area (Å²) in [5.41, 5.74) is 3.10. The van der Waals surface area contributed by atoms with E-state index >= 15 is 0 Å². The van der Waals surface area contributed by atoms with Crippen molar-refractivity contribution >= 4 is 18.5 Å². The molecule has 0 saturated carbocycles. The molecule has 2 rings (SSSR count). The van der Waals surface area contributed by atoms with Crippen LogP contribution in [0, 0.1) is 0 Å². The van der Waals surface area contributed by atoms with E-state index in [0.29, 0.717) is 12.1 Å². The molecule has 0 heterocycles. The molecule has 0 atom stereocenters. The number of rotatable bonds is 4. The highest BCUT2D eigenvalue weighted by molar-refractivity contribution is 7.80.